The van der Waals surface area contributed by atoms with Gasteiger partial charge in [-0.2, -0.15) is 0 Å². The van der Waals surface area contributed by atoms with Crippen LogP contribution in [0.3, 0.4) is 0 Å². The van der Waals surface area contributed by atoms with Crippen molar-refractivity contribution in [1.29, 1.82) is 0 Å². The quantitative estimate of drug-likeness (QED) is 0.611. The number of nitrogens with zero attached hydrogens (tertiary/aromatic N) is 3. The zero-order chi connectivity index (χ0) is 20.5. The van der Waals surface area contributed by atoms with Gasteiger partial charge in [-0.1, -0.05) is 38.3 Å². The van der Waals surface area contributed by atoms with Gasteiger partial charge in [-0.3, -0.25) is 4.79 Å². The van der Waals surface area contributed by atoms with Gasteiger partial charge in [0, 0.05) is 18.7 Å². The first-order chi connectivity index (χ1) is 13.5. The summed E-state index contributed by atoms with van der Waals surface area (Å²) in [7, 11) is 0. The number of nitrogens with two attached hydrogens (primary N) is 1. The largest absolute Gasteiger partial charge is 0.493 e. The Morgan fingerprint density at radius 3 is 2.46 bits per heavy atom. The number of nitrogen functional groups attached to an aromatic ring is 1. The zero-order valence-electron chi connectivity index (χ0n) is 17.5. The summed E-state index contributed by atoms with van der Waals surface area (Å²) >= 11 is 0. The third-order valence-corrected chi connectivity index (χ3v) is 4.77. The van der Waals surface area contributed by atoms with E-state index in [2.05, 4.69) is 16.9 Å². The predicted molar refractivity (Wildman–Crippen MR) is 114 cm³/mol. The maximum atomic E-state index is 13.1. The number of hydrogen-bond acceptors (Lipinski definition) is 5. The van der Waals surface area contributed by atoms with Crippen LogP contribution < -0.4 is 10.5 Å². The Morgan fingerprint density at radius 2 is 1.79 bits per heavy atom. The molecule has 6 heteroatoms. The van der Waals surface area contributed by atoms with Crippen LogP contribution in [0.4, 0.5) is 5.95 Å². The van der Waals surface area contributed by atoms with Gasteiger partial charge in [0.05, 0.1) is 23.6 Å². The lowest BCUT2D eigenvalue weighted by atomic mass is 10.0. The molecule has 1 aromatic carbocycles. The highest BCUT2D eigenvalue weighted by atomic mass is 16.5. The Morgan fingerprint density at radius 1 is 1.07 bits per heavy atom. The van der Waals surface area contributed by atoms with Crippen molar-refractivity contribution in [2.24, 2.45) is 0 Å². The molecule has 0 unspecified atom stereocenters. The van der Waals surface area contributed by atoms with E-state index in [-0.39, 0.29) is 11.9 Å². The molecule has 0 spiro atoms. The van der Waals surface area contributed by atoms with Crippen LogP contribution in [0.25, 0.3) is 11.3 Å². The van der Waals surface area contributed by atoms with Crippen LogP contribution in [0, 0.1) is 6.92 Å². The molecule has 1 heterocycles. The zero-order valence-corrected chi connectivity index (χ0v) is 17.5. The van der Waals surface area contributed by atoms with E-state index in [0.29, 0.717) is 42.4 Å². The molecule has 0 radical (unpaired) electrons. The smallest absolute Gasteiger partial charge is 0.257 e. The van der Waals surface area contributed by atoms with E-state index < -0.39 is 0 Å². The molecule has 1 amide bonds. The van der Waals surface area contributed by atoms with E-state index in [1.807, 2.05) is 38.1 Å². The summed E-state index contributed by atoms with van der Waals surface area (Å²) in [6.45, 7) is 9.78. The van der Waals surface area contributed by atoms with Gasteiger partial charge in [0.25, 0.3) is 5.91 Å². The molecule has 0 saturated carbocycles. The van der Waals surface area contributed by atoms with E-state index in [1.165, 1.54) is 12.8 Å². The molecule has 0 saturated heterocycles. The molecule has 28 heavy (non-hydrogen) atoms. The van der Waals surface area contributed by atoms with Gasteiger partial charge >= 0.3 is 0 Å². The first-order valence-electron chi connectivity index (χ1n) is 10.2. The highest BCUT2D eigenvalue weighted by Gasteiger charge is 2.24. The monoisotopic (exact) mass is 384 g/mol. The van der Waals surface area contributed by atoms with Gasteiger partial charge in [0.2, 0.25) is 5.95 Å². The summed E-state index contributed by atoms with van der Waals surface area (Å²) in [5.74, 6) is 0.779. The number of carbonyl (C=O) groups is 1. The average Bonchev–Trinajstić information content (AvgIpc) is 2.68. The molecule has 6 nitrogen and oxygen atoms in total. The molecule has 0 aliphatic carbocycles. The van der Waals surface area contributed by atoms with Gasteiger partial charge < -0.3 is 15.4 Å². The Hall–Kier alpha value is -2.63. The number of amides is 1. The lowest BCUT2D eigenvalue weighted by molar-refractivity contribution is 0.0772. The van der Waals surface area contributed by atoms with Crippen molar-refractivity contribution in [2.45, 2.75) is 53.4 Å². The molecule has 0 aliphatic heterocycles. The van der Waals surface area contributed by atoms with E-state index >= 15 is 0 Å². The molecule has 2 rings (SSSR count). The highest BCUT2D eigenvalue weighted by molar-refractivity contribution is 6.01. The number of para-hydroxylation sites is 1. The van der Waals surface area contributed by atoms with Gasteiger partial charge in [0.1, 0.15) is 5.75 Å². The Kier molecular flexibility index (Phi) is 8.23. The van der Waals surface area contributed by atoms with Gasteiger partial charge in [-0.15, -0.1) is 0 Å². The maximum Gasteiger partial charge on any atom is 0.257 e. The van der Waals surface area contributed by atoms with Crippen LogP contribution in [-0.4, -0.2) is 40.5 Å². The molecule has 152 valence electrons. The summed E-state index contributed by atoms with van der Waals surface area (Å²) in [6.07, 6.45) is 4.53. The lowest BCUT2D eigenvalue weighted by Gasteiger charge is -2.22. The van der Waals surface area contributed by atoms with Crippen LogP contribution in [0.15, 0.2) is 24.3 Å². The summed E-state index contributed by atoms with van der Waals surface area (Å²) in [5.41, 5.74) is 8.29. The van der Waals surface area contributed by atoms with E-state index in [1.54, 1.807) is 11.8 Å². The highest BCUT2D eigenvalue weighted by Crippen LogP contribution is 2.33. The van der Waals surface area contributed by atoms with E-state index in [9.17, 15) is 4.79 Å². The molecule has 0 aliphatic rings. The molecule has 1 aromatic heterocycles. The van der Waals surface area contributed by atoms with Crippen LogP contribution in [0.5, 0.6) is 5.75 Å². The molecule has 0 bridgehead atoms. The Labute approximate surface area is 168 Å². The van der Waals surface area contributed by atoms with Crippen LogP contribution >= 0.6 is 0 Å². The summed E-state index contributed by atoms with van der Waals surface area (Å²) in [5, 5.41) is 0. The van der Waals surface area contributed by atoms with Crippen molar-refractivity contribution in [3.8, 4) is 17.0 Å². The Balaban J connectivity index is 2.43. The fraction of sp³-hybridized carbons (Fsp3) is 0.500. The summed E-state index contributed by atoms with van der Waals surface area (Å²) in [6, 6.07) is 7.67. The van der Waals surface area contributed by atoms with Crippen molar-refractivity contribution in [3.05, 3.63) is 35.5 Å². The number of unbranched alkanes of at least 4 members (excludes halogenated alkanes) is 3. The fourth-order valence-corrected chi connectivity index (χ4v) is 3.21. The second kappa shape index (κ2) is 10.6. The Bertz CT molecular complexity index is 788. The second-order valence-corrected chi connectivity index (χ2v) is 6.77. The molecule has 0 atom stereocenters. The number of rotatable bonds is 10. The van der Waals surface area contributed by atoms with Crippen molar-refractivity contribution in [3.63, 3.8) is 0 Å². The average molecular weight is 385 g/mol. The van der Waals surface area contributed by atoms with Crippen molar-refractivity contribution in [2.75, 3.05) is 25.4 Å². The van der Waals surface area contributed by atoms with Crippen molar-refractivity contribution >= 4 is 11.9 Å². The number of aryl methyl sites for hydroxylation is 1. The topological polar surface area (TPSA) is 81.3 Å². The number of carbonyl (C=O) groups excluding carboxylic acids is 1. The summed E-state index contributed by atoms with van der Waals surface area (Å²) in [4.78, 5) is 23.6. The first kappa shape index (κ1) is 21.7. The SMILES string of the molecule is CCCCCCOc1ccccc1-c1nc(N)nc(C)c1C(=O)N(CC)CC. The number of aromatic nitrogens is 2. The van der Waals surface area contributed by atoms with Crippen molar-refractivity contribution < 1.29 is 9.53 Å². The fourth-order valence-electron chi connectivity index (χ4n) is 3.21. The minimum absolute atomic E-state index is 0.0877. The van der Waals surface area contributed by atoms with Gasteiger partial charge in [-0.25, -0.2) is 9.97 Å². The van der Waals surface area contributed by atoms with Crippen LogP contribution in [0.1, 0.15) is 62.5 Å². The minimum Gasteiger partial charge on any atom is -0.493 e. The van der Waals surface area contributed by atoms with Gasteiger partial charge in [-0.05, 0) is 39.3 Å². The number of anilines is 1. The number of ether oxygens (including phenoxy) is 1. The molecular weight excluding hydrogens is 352 g/mol. The molecule has 0 fully saturated rings. The standard InChI is InChI=1S/C22H32N4O2/c1-5-8-9-12-15-28-18-14-11-10-13-17(18)20-19(16(4)24-22(23)25-20)21(27)26(6-2)7-3/h10-11,13-14H,5-9,12,15H2,1-4H3,(H2,23,24,25). The van der Waals surface area contributed by atoms with Gasteiger partial charge in [0.15, 0.2) is 0 Å². The number of benzene rings is 1. The van der Waals surface area contributed by atoms with Crippen LogP contribution in [-0.2, 0) is 0 Å². The molecule has 2 N–H and O–H groups in total. The van der Waals surface area contributed by atoms with E-state index in [4.69, 9.17) is 10.5 Å². The normalized spacial score (nSPS) is 10.7. The second-order valence-electron chi connectivity index (χ2n) is 6.77. The number of hydrogen-bond donors (Lipinski definition) is 1. The predicted octanol–water partition coefficient (Wildman–Crippen LogP) is 4.48. The first-order valence-corrected chi connectivity index (χ1v) is 10.2. The van der Waals surface area contributed by atoms with Crippen LogP contribution in [0.2, 0.25) is 0 Å². The minimum atomic E-state index is -0.0877. The van der Waals surface area contributed by atoms with E-state index in [0.717, 1.165) is 18.4 Å². The third-order valence-electron chi connectivity index (χ3n) is 4.77. The van der Waals surface area contributed by atoms with Crippen molar-refractivity contribution in [1.82, 2.24) is 14.9 Å². The maximum absolute atomic E-state index is 13.1. The molecule has 2 aromatic rings. The summed E-state index contributed by atoms with van der Waals surface area (Å²) < 4.78 is 6.04. The lowest BCUT2D eigenvalue weighted by Crippen LogP contribution is -2.32. The molecular formula is C22H32N4O2. The third kappa shape index (κ3) is 5.21.